The molecule has 38 heavy (non-hydrogen) atoms. The standard InChI is InChI=1S/C25H33ClFN3O5SSi2/c1-25(2,37)38(3,4)35-19-6-5-11-29(23(19)32)15-7-8-18(17(27)12-15)30-14-16(34-24(30)33)13-28-22(31)20-9-10-21(26)36-20/h7-10,12,16,19H,5-6,11,13-14H2,1-4,37H3,(H,28,31)/t16-,19?/m0/s1. The largest absolute Gasteiger partial charge is 0.442 e. The van der Waals surface area contributed by atoms with Crippen molar-refractivity contribution < 1.29 is 27.9 Å². The predicted octanol–water partition coefficient (Wildman–Crippen LogP) is 4.12. The van der Waals surface area contributed by atoms with E-state index in [0.717, 1.165) is 28.0 Å². The minimum atomic E-state index is -2.10. The van der Waals surface area contributed by atoms with Crippen LogP contribution in [0.2, 0.25) is 22.1 Å². The topological polar surface area (TPSA) is 88.2 Å². The van der Waals surface area contributed by atoms with Gasteiger partial charge in [-0.25, -0.2) is 9.18 Å². The van der Waals surface area contributed by atoms with E-state index in [1.54, 1.807) is 23.1 Å². The van der Waals surface area contributed by atoms with Gasteiger partial charge in [0.15, 0.2) is 8.32 Å². The van der Waals surface area contributed by atoms with Gasteiger partial charge in [-0.1, -0.05) is 25.4 Å². The molecule has 3 amide bonds. The summed E-state index contributed by atoms with van der Waals surface area (Å²) in [4.78, 5) is 41.3. The molecule has 4 rings (SSSR count). The Hall–Kier alpha value is -2.26. The molecule has 1 N–H and O–H groups in total. The van der Waals surface area contributed by atoms with Crippen LogP contribution in [-0.4, -0.2) is 68.3 Å². The van der Waals surface area contributed by atoms with Crippen molar-refractivity contribution in [2.24, 2.45) is 0 Å². The Morgan fingerprint density at radius 1 is 1.29 bits per heavy atom. The second-order valence-electron chi connectivity index (χ2n) is 11.1. The zero-order valence-electron chi connectivity index (χ0n) is 22.2. The molecule has 0 bridgehead atoms. The molecule has 2 fully saturated rings. The number of amides is 3. The maximum atomic E-state index is 15.3. The SMILES string of the molecule is CC(C)([SiH3])[Si](C)(C)OC1CCCN(c2ccc(N3C[C@H](CNC(=O)c4ccc(Cl)s4)OC3=O)c(F)c2)C1=O. The van der Waals surface area contributed by atoms with Crippen molar-refractivity contribution in [2.45, 2.75) is 56.7 Å². The molecule has 8 nitrogen and oxygen atoms in total. The number of carbonyl (C=O) groups is 3. The Bertz CT molecular complexity index is 1240. The lowest BCUT2D eigenvalue weighted by atomic mass is 10.1. The molecular formula is C25H33ClFN3O5SSi2. The van der Waals surface area contributed by atoms with Crippen LogP contribution < -0.4 is 15.1 Å². The van der Waals surface area contributed by atoms with Crippen LogP contribution in [0.3, 0.4) is 0 Å². The summed E-state index contributed by atoms with van der Waals surface area (Å²) in [5.74, 6) is -1.11. The summed E-state index contributed by atoms with van der Waals surface area (Å²) < 4.78 is 27.6. The number of hydrogen-bond donors (Lipinski definition) is 1. The van der Waals surface area contributed by atoms with Crippen LogP contribution in [0, 0.1) is 5.82 Å². The lowest BCUT2D eigenvalue weighted by molar-refractivity contribution is -0.127. The number of anilines is 2. The van der Waals surface area contributed by atoms with Crippen molar-refractivity contribution in [3.63, 3.8) is 0 Å². The highest BCUT2D eigenvalue weighted by Crippen LogP contribution is 2.37. The molecule has 0 saturated carbocycles. The maximum Gasteiger partial charge on any atom is 0.414 e. The number of nitrogens with zero attached hydrogens (tertiary/aromatic N) is 2. The van der Waals surface area contributed by atoms with Crippen molar-refractivity contribution in [1.29, 1.82) is 0 Å². The van der Waals surface area contributed by atoms with Gasteiger partial charge in [0.25, 0.3) is 11.8 Å². The minimum absolute atomic E-state index is 0.0566. The van der Waals surface area contributed by atoms with E-state index in [0.29, 0.717) is 27.9 Å². The van der Waals surface area contributed by atoms with Gasteiger partial charge in [0.2, 0.25) is 0 Å². The molecule has 2 saturated heterocycles. The number of benzene rings is 1. The monoisotopic (exact) mass is 597 g/mol. The quantitative estimate of drug-likeness (QED) is 0.463. The first-order valence-electron chi connectivity index (χ1n) is 12.6. The molecule has 3 heterocycles. The zero-order valence-corrected chi connectivity index (χ0v) is 26.7. The van der Waals surface area contributed by atoms with Gasteiger partial charge in [0.05, 0.1) is 28.0 Å². The molecule has 0 aliphatic carbocycles. The lowest BCUT2D eigenvalue weighted by Crippen LogP contribution is -2.53. The van der Waals surface area contributed by atoms with Crippen LogP contribution in [0.15, 0.2) is 30.3 Å². The first kappa shape index (κ1) is 28.7. The normalized spacial score (nSPS) is 20.7. The molecule has 1 aromatic heterocycles. The van der Waals surface area contributed by atoms with Crippen LogP contribution in [-0.2, 0) is 14.0 Å². The molecule has 1 unspecified atom stereocenters. The van der Waals surface area contributed by atoms with Gasteiger partial charge in [-0.05, 0) is 60.9 Å². The van der Waals surface area contributed by atoms with Crippen molar-refractivity contribution in [1.82, 2.24) is 5.32 Å². The van der Waals surface area contributed by atoms with Gasteiger partial charge < -0.3 is 19.4 Å². The average molecular weight is 598 g/mol. The Kier molecular flexibility index (Phi) is 8.38. The number of thiophene rings is 1. The first-order valence-corrected chi connectivity index (χ1v) is 17.7. The fourth-order valence-corrected chi connectivity index (χ4v) is 6.77. The average Bonchev–Trinajstić information content (AvgIpc) is 3.43. The van der Waals surface area contributed by atoms with E-state index in [-0.39, 0.29) is 35.3 Å². The van der Waals surface area contributed by atoms with Gasteiger partial charge in [-0.2, -0.15) is 0 Å². The Morgan fingerprint density at radius 2 is 2.03 bits per heavy atom. The zero-order chi connectivity index (χ0) is 27.8. The van der Waals surface area contributed by atoms with Crippen LogP contribution in [0.4, 0.5) is 20.6 Å². The fraction of sp³-hybridized carbons (Fsp3) is 0.480. The van der Waals surface area contributed by atoms with Crippen LogP contribution in [0.5, 0.6) is 0 Å². The van der Waals surface area contributed by atoms with Crippen LogP contribution >= 0.6 is 22.9 Å². The maximum absolute atomic E-state index is 15.3. The van der Waals surface area contributed by atoms with Crippen molar-refractivity contribution in [2.75, 3.05) is 29.4 Å². The lowest BCUT2D eigenvalue weighted by Gasteiger charge is -2.41. The number of piperidine rings is 1. The van der Waals surface area contributed by atoms with Crippen LogP contribution in [0.1, 0.15) is 36.4 Å². The number of halogens is 2. The van der Waals surface area contributed by atoms with Gasteiger partial charge >= 0.3 is 6.09 Å². The van der Waals surface area contributed by atoms with Gasteiger partial charge in [0.1, 0.15) is 18.0 Å². The van der Waals surface area contributed by atoms with E-state index in [4.69, 9.17) is 20.8 Å². The van der Waals surface area contributed by atoms with Gasteiger partial charge in [0, 0.05) is 22.5 Å². The summed E-state index contributed by atoms with van der Waals surface area (Å²) in [6, 6.07) is 7.64. The molecular weight excluding hydrogens is 565 g/mol. The smallest absolute Gasteiger partial charge is 0.414 e. The molecule has 1 aromatic carbocycles. The van der Waals surface area contributed by atoms with Gasteiger partial charge in [-0.15, -0.1) is 11.3 Å². The van der Waals surface area contributed by atoms with Crippen molar-refractivity contribution >= 4 is 70.8 Å². The molecule has 2 aromatic rings. The highest BCUT2D eigenvalue weighted by atomic mass is 35.5. The molecule has 206 valence electrons. The molecule has 0 radical (unpaired) electrons. The molecule has 2 atom stereocenters. The predicted molar refractivity (Wildman–Crippen MR) is 154 cm³/mol. The van der Waals surface area contributed by atoms with Crippen LogP contribution in [0.25, 0.3) is 0 Å². The third-order valence-electron chi connectivity index (χ3n) is 7.33. The molecule has 13 heteroatoms. The Labute approximate surface area is 235 Å². The number of carbonyl (C=O) groups excluding carboxylic acids is 3. The van der Waals surface area contributed by atoms with E-state index < -0.39 is 32.4 Å². The molecule has 2 aliphatic rings. The first-order chi connectivity index (χ1) is 17.8. The van der Waals surface area contributed by atoms with Gasteiger partial charge in [-0.3, -0.25) is 14.5 Å². The highest BCUT2D eigenvalue weighted by Gasteiger charge is 2.42. The Morgan fingerprint density at radius 3 is 2.66 bits per heavy atom. The number of cyclic esters (lactones) is 1. The summed E-state index contributed by atoms with van der Waals surface area (Å²) in [5, 5.41) is 2.71. The summed E-state index contributed by atoms with van der Waals surface area (Å²) in [6.07, 6.45) is -0.455. The number of nitrogens with one attached hydrogen (secondary N) is 1. The minimum Gasteiger partial charge on any atom is -0.442 e. The summed E-state index contributed by atoms with van der Waals surface area (Å²) >= 11 is 7.02. The summed E-state index contributed by atoms with van der Waals surface area (Å²) in [6.45, 7) is 9.30. The summed E-state index contributed by atoms with van der Waals surface area (Å²) in [7, 11) is -1.13. The second-order valence-corrected chi connectivity index (χ2v) is 21.0. The third kappa shape index (κ3) is 6.14. The molecule has 0 spiro atoms. The van der Waals surface area contributed by atoms with Crippen molar-refractivity contribution in [3.8, 4) is 0 Å². The number of hydrogen-bond acceptors (Lipinski definition) is 6. The van der Waals surface area contributed by atoms with E-state index in [9.17, 15) is 14.4 Å². The van der Waals surface area contributed by atoms with E-state index in [1.165, 1.54) is 17.0 Å². The van der Waals surface area contributed by atoms with E-state index in [2.05, 4.69) is 32.3 Å². The Balaban J connectivity index is 1.41. The van der Waals surface area contributed by atoms with E-state index >= 15 is 4.39 Å². The molecule has 2 aliphatic heterocycles. The number of rotatable bonds is 8. The van der Waals surface area contributed by atoms with E-state index in [1.807, 2.05) is 0 Å². The highest BCUT2D eigenvalue weighted by molar-refractivity contribution is 7.18. The third-order valence-corrected chi connectivity index (χ3v) is 16.7. The van der Waals surface area contributed by atoms with Crippen molar-refractivity contribution in [3.05, 3.63) is 45.4 Å². The second kappa shape index (κ2) is 11.1. The number of ether oxygens (including phenoxy) is 1. The fourth-order valence-electron chi connectivity index (χ4n) is 4.18. The summed E-state index contributed by atoms with van der Waals surface area (Å²) in [5.41, 5.74) is 0.487.